The van der Waals surface area contributed by atoms with Crippen molar-refractivity contribution in [1.82, 2.24) is 9.97 Å². The van der Waals surface area contributed by atoms with Gasteiger partial charge in [0.15, 0.2) is 5.82 Å². The molecule has 1 aromatic rings. The van der Waals surface area contributed by atoms with Gasteiger partial charge >= 0.3 is 6.01 Å². The van der Waals surface area contributed by atoms with E-state index in [1.54, 1.807) is 6.21 Å². The Morgan fingerprint density at radius 1 is 1.35 bits per heavy atom. The quantitative estimate of drug-likeness (QED) is 0.815. The summed E-state index contributed by atoms with van der Waals surface area (Å²) in [7, 11) is 0. The van der Waals surface area contributed by atoms with Gasteiger partial charge in [-0.2, -0.15) is 9.97 Å². The van der Waals surface area contributed by atoms with Crippen molar-refractivity contribution in [1.29, 1.82) is 0 Å². The number of ether oxygens (including phenoxy) is 1. The van der Waals surface area contributed by atoms with Gasteiger partial charge in [-0.3, -0.25) is 4.99 Å². The zero-order chi connectivity index (χ0) is 12.3. The van der Waals surface area contributed by atoms with Crippen LogP contribution in [0.5, 0.6) is 6.01 Å². The Kier molecular flexibility index (Phi) is 3.56. The molecule has 0 aliphatic heterocycles. The van der Waals surface area contributed by atoms with Crippen molar-refractivity contribution >= 4 is 17.7 Å². The standard InChI is InChI=1S/C12H18N4O/c1-3-14-10-8(2)15-12(16-11(10)13)17-9-6-4-5-7-9/h3,9H,4-7H2,1-2H3,(H2,13,15,16). The van der Waals surface area contributed by atoms with Gasteiger partial charge in [0.1, 0.15) is 11.8 Å². The number of aliphatic imine (C=N–C) groups is 1. The minimum absolute atomic E-state index is 0.245. The summed E-state index contributed by atoms with van der Waals surface area (Å²) < 4.78 is 5.72. The Morgan fingerprint density at radius 2 is 2.06 bits per heavy atom. The molecule has 0 bridgehead atoms. The smallest absolute Gasteiger partial charge is 0.318 e. The topological polar surface area (TPSA) is 73.4 Å². The number of nitrogens with two attached hydrogens (primary N) is 1. The molecule has 92 valence electrons. The minimum Gasteiger partial charge on any atom is -0.460 e. The van der Waals surface area contributed by atoms with Crippen LogP contribution < -0.4 is 10.5 Å². The molecule has 0 unspecified atom stereocenters. The second-order valence-corrected chi connectivity index (χ2v) is 4.24. The lowest BCUT2D eigenvalue weighted by atomic mass is 10.3. The van der Waals surface area contributed by atoms with E-state index in [9.17, 15) is 0 Å². The van der Waals surface area contributed by atoms with Crippen molar-refractivity contribution in [3.63, 3.8) is 0 Å². The second-order valence-electron chi connectivity index (χ2n) is 4.24. The van der Waals surface area contributed by atoms with Gasteiger partial charge < -0.3 is 10.5 Å². The van der Waals surface area contributed by atoms with E-state index in [-0.39, 0.29) is 6.10 Å². The maximum Gasteiger partial charge on any atom is 0.318 e. The first-order valence-electron chi connectivity index (χ1n) is 6.00. The second kappa shape index (κ2) is 5.12. The Labute approximate surface area is 101 Å². The summed E-state index contributed by atoms with van der Waals surface area (Å²) in [6.45, 7) is 3.70. The van der Waals surface area contributed by atoms with E-state index < -0.39 is 0 Å². The van der Waals surface area contributed by atoms with Crippen LogP contribution in [0.2, 0.25) is 0 Å². The van der Waals surface area contributed by atoms with Crippen LogP contribution >= 0.6 is 0 Å². The number of nitrogens with zero attached hydrogens (tertiary/aromatic N) is 3. The molecule has 0 spiro atoms. The number of aromatic nitrogens is 2. The molecule has 0 amide bonds. The highest BCUT2D eigenvalue weighted by atomic mass is 16.5. The number of aryl methyl sites for hydroxylation is 1. The lowest BCUT2D eigenvalue weighted by molar-refractivity contribution is 0.192. The highest BCUT2D eigenvalue weighted by Crippen LogP contribution is 2.27. The van der Waals surface area contributed by atoms with Crippen LogP contribution in [0.1, 0.15) is 38.3 Å². The summed E-state index contributed by atoms with van der Waals surface area (Å²) in [5, 5.41) is 0. The van der Waals surface area contributed by atoms with Gasteiger partial charge in [-0.15, -0.1) is 0 Å². The molecule has 1 heterocycles. The lowest BCUT2D eigenvalue weighted by Gasteiger charge is -2.12. The molecule has 0 aromatic carbocycles. The third kappa shape index (κ3) is 2.72. The first kappa shape index (κ1) is 11.8. The molecule has 0 atom stereocenters. The van der Waals surface area contributed by atoms with E-state index in [1.165, 1.54) is 12.8 Å². The maximum atomic E-state index is 5.84. The molecule has 1 aromatic heterocycles. The molecule has 1 aliphatic rings. The predicted octanol–water partition coefficient (Wildman–Crippen LogP) is 2.41. The Balaban J connectivity index is 2.19. The monoisotopic (exact) mass is 234 g/mol. The van der Waals surface area contributed by atoms with Crippen molar-refractivity contribution in [2.45, 2.75) is 45.6 Å². The fraction of sp³-hybridized carbons (Fsp3) is 0.583. The molecule has 5 nitrogen and oxygen atoms in total. The van der Waals surface area contributed by atoms with Gasteiger partial charge in [-0.05, 0) is 39.5 Å². The average molecular weight is 234 g/mol. The molecule has 17 heavy (non-hydrogen) atoms. The maximum absolute atomic E-state index is 5.84. The SMILES string of the molecule is CC=Nc1c(C)nc(OC2CCCC2)nc1N. The first-order valence-corrected chi connectivity index (χ1v) is 6.00. The van der Waals surface area contributed by atoms with Crippen LogP contribution in [0.25, 0.3) is 0 Å². The van der Waals surface area contributed by atoms with Crippen molar-refractivity contribution in [3.05, 3.63) is 5.69 Å². The first-order chi connectivity index (χ1) is 8.20. The van der Waals surface area contributed by atoms with Crippen LogP contribution in [0.15, 0.2) is 4.99 Å². The lowest BCUT2D eigenvalue weighted by Crippen LogP contribution is -2.14. The van der Waals surface area contributed by atoms with Gasteiger partial charge in [0, 0.05) is 6.21 Å². The fourth-order valence-electron chi connectivity index (χ4n) is 2.06. The third-order valence-electron chi connectivity index (χ3n) is 2.90. The number of anilines is 1. The zero-order valence-corrected chi connectivity index (χ0v) is 10.3. The Hall–Kier alpha value is -1.65. The van der Waals surface area contributed by atoms with Crippen molar-refractivity contribution in [3.8, 4) is 6.01 Å². The molecule has 1 saturated carbocycles. The summed E-state index contributed by atoms with van der Waals surface area (Å²) >= 11 is 0. The highest BCUT2D eigenvalue weighted by Gasteiger charge is 2.18. The summed E-state index contributed by atoms with van der Waals surface area (Å²) in [5.74, 6) is 0.378. The predicted molar refractivity (Wildman–Crippen MR) is 67.9 cm³/mol. The molecular formula is C12H18N4O. The Bertz CT molecular complexity index is 402. The number of rotatable bonds is 3. The molecule has 1 aliphatic carbocycles. The molecule has 2 rings (SSSR count). The summed E-state index contributed by atoms with van der Waals surface area (Å²) in [4.78, 5) is 12.6. The average Bonchev–Trinajstić information content (AvgIpc) is 2.76. The molecule has 0 saturated heterocycles. The van der Waals surface area contributed by atoms with Gasteiger partial charge in [0.25, 0.3) is 0 Å². The van der Waals surface area contributed by atoms with Crippen LogP contribution in [0.3, 0.4) is 0 Å². The normalized spacial score (nSPS) is 16.8. The zero-order valence-electron chi connectivity index (χ0n) is 10.3. The van der Waals surface area contributed by atoms with E-state index in [0.717, 1.165) is 18.5 Å². The van der Waals surface area contributed by atoms with Gasteiger partial charge in [0.05, 0.1) is 5.69 Å². The van der Waals surface area contributed by atoms with Gasteiger partial charge in [0.2, 0.25) is 0 Å². The van der Waals surface area contributed by atoms with Crippen LogP contribution in [0.4, 0.5) is 11.5 Å². The van der Waals surface area contributed by atoms with Crippen LogP contribution in [-0.4, -0.2) is 22.3 Å². The number of nitrogen functional groups attached to an aromatic ring is 1. The van der Waals surface area contributed by atoms with E-state index in [0.29, 0.717) is 17.5 Å². The van der Waals surface area contributed by atoms with Crippen molar-refractivity contribution in [2.75, 3.05) is 5.73 Å². The Morgan fingerprint density at radius 3 is 2.65 bits per heavy atom. The van der Waals surface area contributed by atoms with Gasteiger partial charge in [-0.25, -0.2) is 0 Å². The van der Waals surface area contributed by atoms with Crippen LogP contribution in [0, 0.1) is 6.92 Å². The van der Waals surface area contributed by atoms with Crippen LogP contribution in [-0.2, 0) is 0 Å². The van der Waals surface area contributed by atoms with Crippen molar-refractivity contribution in [2.24, 2.45) is 4.99 Å². The minimum atomic E-state index is 0.245. The summed E-state index contributed by atoms with van der Waals surface area (Å²) in [6, 6.07) is 0.377. The van der Waals surface area contributed by atoms with Crippen molar-refractivity contribution < 1.29 is 4.74 Å². The molecule has 2 N–H and O–H groups in total. The summed E-state index contributed by atoms with van der Waals surface area (Å²) in [6.07, 6.45) is 6.53. The van der Waals surface area contributed by atoms with E-state index >= 15 is 0 Å². The molecule has 0 radical (unpaired) electrons. The van der Waals surface area contributed by atoms with E-state index in [4.69, 9.17) is 10.5 Å². The van der Waals surface area contributed by atoms with E-state index in [2.05, 4.69) is 15.0 Å². The number of hydrogen-bond donors (Lipinski definition) is 1. The summed E-state index contributed by atoms with van der Waals surface area (Å²) in [5.41, 5.74) is 7.22. The third-order valence-corrected chi connectivity index (χ3v) is 2.90. The number of hydrogen-bond acceptors (Lipinski definition) is 5. The molecule has 5 heteroatoms. The molecular weight excluding hydrogens is 216 g/mol. The molecule has 1 fully saturated rings. The van der Waals surface area contributed by atoms with Gasteiger partial charge in [-0.1, -0.05) is 0 Å². The fourth-order valence-corrected chi connectivity index (χ4v) is 2.06. The van der Waals surface area contributed by atoms with E-state index in [1.807, 2.05) is 13.8 Å². The largest absolute Gasteiger partial charge is 0.460 e. The highest BCUT2D eigenvalue weighted by molar-refractivity contribution is 5.68.